The van der Waals surface area contributed by atoms with Crippen LogP contribution >= 0.6 is 0 Å². The van der Waals surface area contributed by atoms with E-state index in [1.807, 2.05) is 32.6 Å². The number of fused-ring (bicyclic) bond motifs is 2. The van der Waals surface area contributed by atoms with Crippen molar-refractivity contribution in [2.45, 2.75) is 77.1 Å². The normalized spacial score (nSPS) is 29.4. The molecule has 1 amide bonds. The Morgan fingerprint density at radius 2 is 1.85 bits per heavy atom. The molecule has 2 saturated heterocycles. The average molecular weight is 280 g/mol. The Morgan fingerprint density at radius 3 is 2.30 bits per heavy atom. The van der Waals surface area contributed by atoms with Crippen LogP contribution in [0.1, 0.15) is 53.4 Å². The Morgan fingerprint density at radius 1 is 1.30 bits per heavy atom. The van der Waals surface area contributed by atoms with Crippen LogP contribution in [0.15, 0.2) is 12.2 Å². The second-order valence-corrected chi connectivity index (χ2v) is 7.28. The summed E-state index contributed by atoms with van der Waals surface area (Å²) in [4.78, 5) is 14.3. The fourth-order valence-corrected chi connectivity index (χ4v) is 3.28. The Bertz CT molecular complexity index is 372. The molecular weight excluding hydrogens is 252 g/mol. The van der Waals surface area contributed by atoms with E-state index >= 15 is 0 Å². The highest BCUT2D eigenvalue weighted by Gasteiger charge is 2.44. The smallest absolute Gasteiger partial charge is 0.410 e. The van der Waals surface area contributed by atoms with Crippen molar-refractivity contribution in [3.05, 3.63) is 12.2 Å². The van der Waals surface area contributed by atoms with Crippen LogP contribution in [0.5, 0.6) is 0 Å². The van der Waals surface area contributed by atoms with E-state index in [0.29, 0.717) is 18.1 Å². The molecule has 0 aromatic carbocycles. The first kappa shape index (κ1) is 15.4. The third-order valence-electron chi connectivity index (χ3n) is 4.03. The number of rotatable bonds is 3. The Labute approximate surface area is 122 Å². The van der Waals surface area contributed by atoms with Gasteiger partial charge in [0.2, 0.25) is 0 Å². The van der Waals surface area contributed by atoms with Crippen molar-refractivity contribution in [1.29, 1.82) is 0 Å². The van der Waals surface area contributed by atoms with Crippen molar-refractivity contribution in [2.24, 2.45) is 0 Å². The third kappa shape index (κ3) is 3.75. The second-order valence-electron chi connectivity index (χ2n) is 7.28. The van der Waals surface area contributed by atoms with Gasteiger partial charge < -0.3 is 15.0 Å². The van der Waals surface area contributed by atoms with E-state index in [-0.39, 0.29) is 6.09 Å². The zero-order valence-electron chi connectivity index (χ0n) is 13.2. The summed E-state index contributed by atoms with van der Waals surface area (Å²) in [7, 11) is 0. The number of hydrogen-bond donors (Lipinski definition) is 1. The quantitative estimate of drug-likeness (QED) is 0.808. The first-order valence-corrected chi connectivity index (χ1v) is 7.65. The summed E-state index contributed by atoms with van der Waals surface area (Å²) >= 11 is 0. The molecule has 2 aliphatic heterocycles. The highest BCUT2D eigenvalue weighted by atomic mass is 16.6. The summed E-state index contributed by atoms with van der Waals surface area (Å²) in [5.41, 5.74) is 0.748. The molecular formula is C16H28N2O2. The van der Waals surface area contributed by atoms with Crippen molar-refractivity contribution in [3.8, 4) is 0 Å². The average Bonchev–Trinajstić information content (AvgIpc) is 2.56. The summed E-state index contributed by atoms with van der Waals surface area (Å²) in [5.74, 6) is 0. The van der Waals surface area contributed by atoms with E-state index in [4.69, 9.17) is 4.74 Å². The Balaban J connectivity index is 1.93. The van der Waals surface area contributed by atoms with Gasteiger partial charge in [0.15, 0.2) is 0 Å². The standard InChI is InChI=1S/C16H28N2O2/c1-11(2)10-17-12-8-13-6-7-14(9-12)18(13)15(19)20-16(3,4)5/h12-14,17H,1,6-10H2,2-5H3. The number of amides is 1. The van der Waals surface area contributed by atoms with Crippen LogP contribution in [0, 0.1) is 0 Å². The maximum Gasteiger partial charge on any atom is 0.410 e. The van der Waals surface area contributed by atoms with Crippen molar-refractivity contribution >= 4 is 6.09 Å². The minimum atomic E-state index is -0.411. The molecule has 2 rings (SSSR count). The molecule has 0 aliphatic carbocycles. The van der Waals surface area contributed by atoms with Gasteiger partial charge in [0, 0.05) is 24.7 Å². The van der Waals surface area contributed by atoms with Crippen LogP contribution in [0.3, 0.4) is 0 Å². The number of nitrogens with zero attached hydrogens (tertiary/aromatic N) is 1. The second kappa shape index (κ2) is 5.76. The first-order chi connectivity index (χ1) is 9.26. The largest absolute Gasteiger partial charge is 0.444 e. The molecule has 114 valence electrons. The lowest BCUT2D eigenvalue weighted by Crippen LogP contribution is -2.52. The zero-order chi connectivity index (χ0) is 14.9. The number of piperidine rings is 1. The lowest BCUT2D eigenvalue weighted by atomic mass is 9.97. The van der Waals surface area contributed by atoms with Gasteiger partial charge in [-0.2, -0.15) is 0 Å². The molecule has 4 nitrogen and oxygen atoms in total. The van der Waals surface area contributed by atoms with Gasteiger partial charge in [0.1, 0.15) is 5.60 Å². The van der Waals surface area contributed by atoms with Crippen LogP contribution < -0.4 is 5.32 Å². The lowest BCUT2D eigenvalue weighted by molar-refractivity contribution is 0.00485. The van der Waals surface area contributed by atoms with Crippen LogP contribution in [-0.4, -0.2) is 41.3 Å². The molecule has 4 heteroatoms. The number of ether oxygens (including phenoxy) is 1. The predicted molar refractivity (Wildman–Crippen MR) is 80.7 cm³/mol. The maximum atomic E-state index is 12.3. The monoisotopic (exact) mass is 280 g/mol. The van der Waals surface area contributed by atoms with Gasteiger partial charge in [-0.15, -0.1) is 0 Å². The van der Waals surface area contributed by atoms with Crippen molar-refractivity contribution in [2.75, 3.05) is 6.54 Å². The highest BCUT2D eigenvalue weighted by molar-refractivity contribution is 5.69. The molecule has 2 atom stereocenters. The SMILES string of the molecule is C=C(C)CNC1CC2CCC(C1)N2C(=O)OC(C)(C)C. The summed E-state index contributed by atoms with van der Waals surface area (Å²) in [6, 6.07) is 1.18. The van der Waals surface area contributed by atoms with Gasteiger partial charge in [-0.25, -0.2) is 4.79 Å². The van der Waals surface area contributed by atoms with Gasteiger partial charge in [0.25, 0.3) is 0 Å². The van der Waals surface area contributed by atoms with E-state index in [0.717, 1.165) is 37.8 Å². The summed E-state index contributed by atoms with van der Waals surface area (Å²) < 4.78 is 5.54. The molecule has 0 radical (unpaired) electrons. The van der Waals surface area contributed by atoms with Crippen LogP contribution in [0.4, 0.5) is 4.79 Å². The maximum absolute atomic E-state index is 12.3. The van der Waals surface area contributed by atoms with E-state index in [1.54, 1.807) is 0 Å². The Hall–Kier alpha value is -1.03. The van der Waals surface area contributed by atoms with Crippen LogP contribution in [0.25, 0.3) is 0 Å². The van der Waals surface area contributed by atoms with Crippen LogP contribution in [0.2, 0.25) is 0 Å². The number of carbonyl (C=O) groups is 1. The summed E-state index contributed by atoms with van der Waals surface area (Å²) in [6.07, 6.45) is 4.14. The molecule has 0 spiro atoms. The Kier molecular flexibility index (Phi) is 4.43. The van der Waals surface area contributed by atoms with E-state index < -0.39 is 5.60 Å². The first-order valence-electron chi connectivity index (χ1n) is 7.65. The highest BCUT2D eigenvalue weighted by Crippen LogP contribution is 2.36. The van der Waals surface area contributed by atoms with Crippen molar-refractivity contribution < 1.29 is 9.53 Å². The van der Waals surface area contributed by atoms with Crippen LogP contribution in [-0.2, 0) is 4.74 Å². The number of carbonyl (C=O) groups excluding carboxylic acids is 1. The molecule has 0 aromatic rings. The van der Waals surface area contributed by atoms with Crippen molar-refractivity contribution in [1.82, 2.24) is 10.2 Å². The number of nitrogens with one attached hydrogen (secondary N) is 1. The van der Waals surface area contributed by atoms with Gasteiger partial charge >= 0.3 is 6.09 Å². The summed E-state index contributed by atoms with van der Waals surface area (Å²) in [5, 5.41) is 3.55. The van der Waals surface area contributed by atoms with Gasteiger partial charge in [0.05, 0.1) is 0 Å². The van der Waals surface area contributed by atoms with Crippen molar-refractivity contribution in [3.63, 3.8) is 0 Å². The molecule has 2 fully saturated rings. The molecule has 0 saturated carbocycles. The van der Waals surface area contributed by atoms with Gasteiger partial charge in [-0.3, -0.25) is 0 Å². The summed E-state index contributed by atoms with van der Waals surface area (Å²) in [6.45, 7) is 12.6. The molecule has 2 unspecified atom stereocenters. The fourth-order valence-electron chi connectivity index (χ4n) is 3.28. The molecule has 1 N–H and O–H groups in total. The van der Waals surface area contributed by atoms with Gasteiger partial charge in [-0.1, -0.05) is 12.2 Å². The lowest BCUT2D eigenvalue weighted by Gasteiger charge is -2.39. The molecule has 2 aliphatic rings. The molecule has 2 bridgehead atoms. The third-order valence-corrected chi connectivity index (χ3v) is 4.03. The molecule has 0 aromatic heterocycles. The van der Waals surface area contributed by atoms with E-state index in [9.17, 15) is 4.79 Å². The number of hydrogen-bond acceptors (Lipinski definition) is 3. The van der Waals surface area contributed by atoms with E-state index in [1.165, 1.54) is 0 Å². The fraction of sp³-hybridized carbons (Fsp3) is 0.812. The zero-order valence-corrected chi connectivity index (χ0v) is 13.2. The van der Waals surface area contributed by atoms with Gasteiger partial charge in [-0.05, 0) is 53.4 Å². The predicted octanol–water partition coefficient (Wildman–Crippen LogP) is 3.08. The minimum absolute atomic E-state index is 0.136. The van der Waals surface area contributed by atoms with E-state index in [2.05, 4.69) is 11.9 Å². The molecule has 20 heavy (non-hydrogen) atoms. The minimum Gasteiger partial charge on any atom is -0.444 e. The molecule has 2 heterocycles. The topological polar surface area (TPSA) is 41.6 Å².